The van der Waals surface area contributed by atoms with Gasteiger partial charge in [0, 0.05) is 17.3 Å². The number of carbonyl (C=O) groups is 2. The van der Waals surface area contributed by atoms with Gasteiger partial charge in [0.15, 0.2) is 6.61 Å². The molecular weight excluding hydrogens is 396 g/mol. The topological polar surface area (TPSA) is 111 Å². The molecule has 152 valence electrons. The minimum Gasteiger partial charge on any atom is -0.482 e. The fraction of sp³-hybridized carbons (Fsp3) is 0.200. The maximum atomic E-state index is 12.5. The molecule has 0 aliphatic heterocycles. The summed E-state index contributed by atoms with van der Waals surface area (Å²) in [6, 6.07) is 12.0. The third-order valence-electron chi connectivity index (χ3n) is 3.52. The van der Waals surface area contributed by atoms with Crippen LogP contribution in [0.5, 0.6) is 5.75 Å². The summed E-state index contributed by atoms with van der Waals surface area (Å²) in [6.45, 7) is 1.54. The van der Waals surface area contributed by atoms with Gasteiger partial charge in [0.2, 0.25) is 10.0 Å². The van der Waals surface area contributed by atoms with Gasteiger partial charge < -0.3 is 14.8 Å². The molecule has 0 unspecified atom stereocenters. The van der Waals surface area contributed by atoms with Gasteiger partial charge in [0.05, 0.1) is 18.0 Å². The van der Waals surface area contributed by atoms with E-state index >= 15 is 0 Å². The van der Waals surface area contributed by atoms with E-state index in [0.717, 1.165) is 0 Å². The first-order valence-electron chi connectivity index (χ1n) is 8.58. The first-order chi connectivity index (χ1) is 13.9. The van der Waals surface area contributed by atoms with Crippen LogP contribution in [-0.4, -0.2) is 40.1 Å². The Kier molecular flexibility index (Phi) is 7.77. The third kappa shape index (κ3) is 6.64. The summed E-state index contributed by atoms with van der Waals surface area (Å²) in [5, 5.41) is 2.65. The molecule has 8 nitrogen and oxygen atoms in total. The zero-order chi connectivity index (χ0) is 21.3. The van der Waals surface area contributed by atoms with Crippen LogP contribution >= 0.6 is 0 Å². The van der Waals surface area contributed by atoms with Gasteiger partial charge in [-0.1, -0.05) is 18.1 Å². The molecule has 29 heavy (non-hydrogen) atoms. The lowest BCUT2D eigenvalue weighted by Gasteiger charge is -2.10. The lowest BCUT2D eigenvalue weighted by molar-refractivity contribution is -0.145. The summed E-state index contributed by atoms with van der Waals surface area (Å²) in [4.78, 5) is 23.8. The maximum Gasteiger partial charge on any atom is 0.344 e. The fourth-order valence-corrected chi connectivity index (χ4v) is 3.22. The van der Waals surface area contributed by atoms with Gasteiger partial charge in [-0.2, -0.15) is 4.72 Å². The highest BCUT2D eigenvalue weighted by Gasteiger charge is 2.16. The van der Waals surface area contributed by atoms with E-state index in [9.17, 15) is 18.0 Å². The van der Waals surface area contributed by atoms with Crippen molar-refractivity contribution in [3.8, 4) is 18.1 Å². The Balaban J connectivity index is 2.09. The van der Waals surface area contributed by atoms with Gasteiger partial charge in [-0.3, -0.25) is 4.79 Å². The van der Waals surface area contributed by atoms with E-state index in [1.54, 1.807) is 25.1 Å². The van der Waals surface area contributed by atoms with Crippen molar-refractivity contribution in [1.29, 1.82) is 0 Å². The van der Waals surface area contributed by atoms with Crippen LogP contribution in [0.3, 0.4) is 0 Å². The molecule has 0 aliphatic rings. The largest absolute Gasteiger partial charge is 0.482 e. The van der Waals surface area contributed by atoms with Crippen LogP contribution < -0.4 is 14.8 Å². The lowest BCUT2D eigenvalue weighted by Crippen LogP contribution is -2.24. The highest BCUT2D eigenvalue weighted by molar-refractivity contribution is 7.89. The Morgan fingerprint density at radius 3 is 2.62 bits per heavy atom. The summed E-state index contributed by atoms with van der Waals surface area (Å²) in [5.74, 6) is 1.54. The van der Waals surface area contributed by atoms with E-state index in [1.165, 1.54) is 30.3 Å². The van der Waals surface area contributed by atoms with Gasteiger partial charge in [0.25, 0.3) is 5.91 Å². The number of amides is 1. The smallest absolute Gasteiger partial charge is 0.344 e. The molecule has 0 radical (unpaired) electrons. The number of hydrogen-bond donors (Lipinski definition) is 2. The van der Waals surface area contributed by atoms with Crippen LogP contribution in [0.25, 0.3) is 0 Å². The average molecular weight is 416 g/mol. The highest BCUT2D eigenvalue weighted by Crippen LogP contribution is 2.19. The predicted octanol–water partition coefficient (Wildman–Crippen LogP) is 1.79. The van der Waals surface area contributed by atoms with Gasteiger partial charge >= 0.3 is 5.97 Å². The Morgan fingerprint density at radius 1 is 1.14 bits per heavy atom. The van der Waals surface area contributed by atoms with Crippen LogP contribution in [0.4, 0.5) is 5.69 Å². The molecule has 0 saturated carbocycles. The first-order valence-corrected chi connectivity index (χ1v) is 10.1. The Hall–Kier alpha value is -3.35. The van der Waals surface area contributed by atoms with E-state index < -0.39 is 21.9 Å². The SMILES string of the molecule is C#CCNS(=O)(=O)c1cccc(C(=O)Nc2cccc(OCC(=O)OCC)c2)c1. The second kappa shape index (κ2) is 10.3. The van der Waals surface area contributed by atoms with Crippen molar-refractivity contribution in [2.45, 2.75) is 11.8 Å². The van der Waals surface area contributed by atoms with Crippen LogP contribution in [0.1, 0.15) is 17.3 Å². The van der Waals surface area contributed by atoms with E-state index in [1.807, 2.05) is 0 Å². The second-order valence-corrected chi connectivity index (χ2v) is 7.40. The van der Waals surface area contributed by atoms with Crippen molar-refractivity contribution >= 4 is 27.6 Å². The number of esters is 1. The van der Waals surface area contributed by atoms with Crippen LogP contribution in [-0.2, 0) is 19.6 Å². The molecule has 2 N–H and O–H groups in total. The van der Waals surface area contributed by atoms with Crippen LogP contribution in [0.15, 0.2) is 53.4 Å². The van der Waals surface area contributed by atoms with Gasteiger partial charge in [-0.25, -0.2) is 13.2 Å². The molecule has 0 heterocycles. The standard InChI is InChI=1S/C20H20N2O6S/c1-3-11-21-29(25,26)18-10-5-7-15(12-18)20(24)22-16-8-6-9-17(13-16)28-14-19(23)27-4-2/h1,5-10,12-13,21H,4,11,14H2,2H3,(H,22,24). The monoisotopic (exact) mass is 416 g/mol. The molecule has 0 bridgehead atoms. The van der Waals surface area contributed by atoms with Crippen molar-refractivity contribution < 1.29 is 27.5 Å². The number of terminal acetylenes is 1. The zero-order valence-electron chi connectivity index (χ0n) is 15.7. The molecular formula is C20H20N2O6S. The maximum absolute atomic E-state index is 12.5. The minimum absolute atomic E-state index is 0.0769. The summed E-state index contributed by atoms with van der Waals surface area (Å²) in [5.41, 5.74) is 0.557. The summed E-state index contributed by atoms with van der Waals surface area (Å²) < 4.78 is 36.6. The molecule has 2 aromatic carbocycles. The number of benzene rings is 2. The third-order valence-corrected chi connectivity index (χ3v) is 4.92. The summed E-state index contributed by atoms with van der Waals surface area (Å²) in [6.07, 6.45) is 5.07. The molecule has 0 fully saturated rings. The highest BCUT2D eigenvalue weighted by atomic mass is 32.2. The van der Waals surface area contributed by atoms with Gasteiger partial charge in [-0.15, -0.1) is 6.42 Å². The molecule has 0 spiro atoms. The average Bonchev–Trinajstić information content (AvgIpc) is 2.71. The van der Waals surface area contributed by atoms with Gasteiger partial charge in [0.1, 0.15) is 5.75 Å². The Labute approximate surface area is 169 Å². The molecule has 0 aromatic heterocycles. The zero-order valence-corrected chi connectivity index (χ0v) is 16.5. The first kappa shape index (κ1) is 21.9. The number of hydrogen-bond acceptors (Lipinski definition) is 6. The number of sulfonamides is 1. The van der Waals surface area contributed by atoms with Crippen molar-refractivity contribution in [3.05, 3.63) is 54.1 Å². The van der Waals surface area contributed by atoms with Crippen molar-refractivity contribution in [3.63, 3.8) is 0 Å². The lowest BCUT2D eigenvalue weighted by atomic mass is 10.2. The van der Waals surface area contributed by atoms with Crippen molar-refractivity contribution in [2.75, 3.05) is 25.1 Å². The molecule has 0 saturated heterocycles. The van der Waals surface area contributed by atoms with Gasteiger partial charge in [-0.05, 0) is 37.3 Å². The summed E-state index contributed by atoms with van der Waals surface area (Å²) >= 11 is 0. The van der Waals surface area contributed by atoms with E-state index in [-0.39, 0.29) is 30.2 Å². The molecule has 2 aromatic rings. The molecule has 9 heteroatoms. The molecule has 1 amide bonds. The Bertz CT molecular complexity index is 1030. The predicted molar refractivity (Wildman–Crippen MR) is 107 cm³/mol. The Morgan fingerprint density at radius 2 is 1.90 bits per heavy atom. The normalized spacial score (nSPS) is 10.6. The minimum atomic E-state index is -3.81. The number of rotatable bonds is 9. The fourth-order valence-electron chi connectivity index (χ4n) is 2.24. The number of carbonyl (C=O) groups excluding carboxylic acids is 2. The summed E-state index contributed by atoms with van der Waals surface area (Å²) in [7, 11) is -3.81. The molecule has 0 atom stereocenters. The van der Waals surface area contributed by atoms with E-state index in [0.29, 0.717) is 11.4 Å². The number of ether oxygens (including phenoxy) is 2. The van der Waals surface area contributed by atoms with E-state index in [4.69, 9.17) is 15.9 Å². The number of nitrogens with one attached hydrogen (secondary N) is 2. The second-order valence-electron chi connectivity index (χ2n) is 5.63. The number of anilines is 1. The van der Waals surface area contributed by atoms with Crippen LogP contribution in [0.2, 0.25) is 0 Å². The van der Waals surface area contributed by atoms with E-state index in [2.05, 4.69) is 16.0 Å². The van der Waals surface area contributed by atoms with Crippen molar-refractivity contribution in [1.82, 2.24) is 4.72 Å². The molecule has 0 aliphatic carbocycles. The van der Waals surface area contributed by atoms with Crippen molar-refractivity contribution in [2.24, 2.45) is 0 Å². The quantitative estimate of drug-likeness (QED) is 0.476. The van der Waals surface area contributed by atoms with Crippen LogP contribution in [0, 0.1) is 12.3 Å². The molecule has 2 rings (SSSR count).